The summed E-state index contributed by atoms with van der Waals surface area (Å²) < 4.78 is 13.4. The van der Waals surface area contributed by atoms with Gasteiger partial charge in [0.15, 0.2) is 5.82 Å². The third kappa shape index (κ3) is 2.94. The summed E-state index contributed by atoms with van der Waals surface area (Å²) in [5.41, 5.74) is 4.22. The number of nitrogens with two attached hydrogens (primary N) is 1. The second kappa shape index (κ2) is 6.04. The standard InChI is InChI=1S/C13H16FN3O4/c14-10-6-12(17(20)21)9(5-11(10)15)13(19)16-4-2-1-3-8(16)7-18/h5-6,8,18H,1-4,7,15H2. The Morgan fingerprint density at radius 3 is 2.86 bits per heavy atom. The lowest BCUT2D eigenvalue weighted by Crippen LogP contribution is -2.45. The number of carbonyl (C=O) groups excluding carboxylic acids is 1. The molecule has 1 saturated heterocycles. The van der Waals surface area contributed by atoms with Crippen LogP contribution < -0.4 is 5.73 Å². The summed E-state index contributed by atoms with van der Waals surface area (Å²) in [5.74, 6) is -1.54. The SMILES string of the molecule is Nc1cc(C(=O)N2CCCCC2CO)c([N+](=O)[O-])cc1F. The van der Waals surface area contributed by atoms with Crippen LogP contribution >= 0.6 is 0 Å². The molecule has 7 nitrogen and oxygen atoms in total. The molecule has 1 heterocycles. The van der Waals surface area contributed by atoms with Gasteiger partial charge >= 0.3 is 0 Å². The van der Waals surface area contributed by atoms with Crippen LogP contribution in [0.15, 0.2) is 12.1 Å². The smallest absolute Gasteiger partial charge is 0.285 e. The van der Waals surface area contributed by atoms with Crippen molar-refractivity contribution < 1.29 is 19.2 Å². The number of hydrogen-bond acceptors (Lipinski definition) is 5. The Morgan fingerprint density at radius 1 is 1.52 bits per heavy atom. The maximum atomic E-state index is 13.4. The molecule has 0 saturated carbocycles. The largest absolute Gasteiger partial charge is 0.396 e. The van der Waals surface area contributed by atoms with E-state index in [4.69, 9.17) is 5.73 Å². The molecular weight excluding hydrogens is 281 g/mol. The Bertz CT molecular complexity index is 579. The first-order valence-electron chi connectivity index (χ1n) is 6.61. The highest BCUT2D eigenvalue weighted by molar-refractivity contribution is 5.99. The van der Waals surface area contributed by atoms with E-state index < -0.39 is 22.3 Å². The molecule has 21 heavy (non-hydrogen) atoms. The minimum atomic E-state index is -0.935. The maximum Gasteiger partial charge on any atom is 0.285 e. The number of rotatable bonds is 3. The number of aliphatic hydroxyl groups excluding tert-OH is 1. The highest BCUT2D eigenvalue weighted by Crippen LogP contribution is 2.28. The minimum absolute atomic E-state index is 0.212. The van der Waals surface area contributed by atoms with Crippen molar-refractivity contribution in [3.8, 4) is 0 Å². The number of piperidine rings is 1. The first-order valence-corrected chi connectivity index (χ1v) is 6.61. The molecule has 1 fully saturated rings. The number of nitrogen functional groups attached to an aromatic ring is 1. The van der Waals surface area contributed by atoms with Gasteiger partial charge in [-0.3, -0.25) is 14.9 Å². The summed E-state index contributed by atoms with van der Waals surface area (Å²) in [6.07, 6.45) is 2.27. The number of hydrogen-bond donors (Lipinski definition) is 2. The van der Waals surface area contributed by atoms with Gasteiger partial charge in [-0.15, -0.1) is 0 Å². The van der Waals surface area contributed by atoms with E-state index >= 15 is 0 Å². The number of likely N-dealkylation sites (tertiary alicyclic amines) is 1. The second-order valence-corrected chi connectivity index (χ2v) is 4.98. The summed E-state index contributed by atoms with van der Waals surface area (Å²) in [4.78, 5) is 24.1. The number of benzene rings is 1. The number of carbonyl (C=O) groups is 1. The van der Waals surface area contributed by atoms with Crippen LogP contribution in [-0.4, -0.2) is 40.0 Å². The fraction of sp³-hybridized carbons (Fsp3) is 0.462. The van der Waals surface area contributed by atoms with Gasteiger partial charge in [-0.1, -0.05) is 0 Å². The zero-order valence-corrected chi connectivity index (χ0v) is 11.3. The fourth-order valence-electron chi connectivity index (χ4n) is 2.51. The molecule has 1 aliphatic rings. The van der Waals surface area contributed by atoms with Crippen LogP contribution in [0.5, 0.6) is 0 Å². The molecule has 1 aromatic carbocycles. The van der Waals surface area contributed by atoms with E-state index in [9.17, 15) is 24.4 Å². The van der Waals surface area contributed by atoms with Gasteiger partial charge in [-0.2, -0.15) is 0 Å². The van der Waals surface area contributed by atoms with Crippen LogP contribution in [-0.2, 0) is 0 Å². The van der Waals surface area contributed by atoms with Gasteiger partial charge < -0.3 is 15.7 Å². The molecule has 1 aromatic rings. The minimum Gasteiger partial charge on any atom is -0.396 e. The summed E-state index contributed by atoms with van der Waals surface area (Å²) in [6, 6.07) is 1.26. The first-order chi connectivity index (χ1) is 9.95. The lowest BCUT2D eigenvalue weighted by molar-refractivity contribution is -0.385. The molecule has 8 heteroatoms. The van der Waals surface area contributed by atoms with Crippen LogP contribution in [0, 0.1) is 15.9 Å². The molecule has 1 aliphatic heterocycles. The van der Waals surface area contributed by atoms with Crippen molar-refractivity contribution in [3.63, 3.8) is 0 Å². The van der Waals surface area contributed by atoms with E-state index in [1.54, 1.807) is 0 Å². The van der Waals surface area contributed by atoms with Crippen LogP contribution in [0.4, 0.5) is 15.8 Å². The molecule has 114 valence electrons. The van der Waals surface area contributed by atoms with E-state index in [0.717, 1.165) is 18.9 Å². The highest BCUT2D eigenvalue weighted by Gasteiger charge is 2.31. The summed E-state index contributed by atoms with van der Waals surface area (Å²) >= 11 is 0. The highest BCUT2D eigenvalue weighted by atomic mass is 19.1. The molecule has 0 aliphatic carbocycles. The second-order valence-electron chi connectivity index (χ2n) is 4.98. The number of aliphatic hydroxyl groups is 1. The Balaban J connectivity index is 2.42. The average Bonchev–Trinajstić information content (AvgIpc) is 2.48. The van der Waals surface area contributed by atoms with Gasteiger partial charge in [0.2, 0.25) is 0 Å². The fourth-order valence-corrected chi connectivity index (χ4v) is 2.51. The molecule has 0 bridgehead atoms. The topological polar surface area (TPSA) is 110 Å². The molecule has 2 rings (SSSR count). The van der Waals surface area contributed by atoms with Gasteiger partial charge in [0.25, 0.3) is 11.6 Å². The Kier molecular flexibility index (Phi) is 4.37. The third-order valence-electron chi connectivity index (χ3n) is 3.64. The van der Waals surface area contributed by atoms with Crippen molar-refractivity contribution in [1.29, 1.82) is 0 Å². The van der Waals surface area contributed by atoms with E-state index in [2.05, 4.69) is 0 Å². The van der Waals surface area contributed by atoms with Crippen molar-refractivity contribution in [2.75, 3.05) is 18.9 Å². The molecular formula is C13H16FN3O4. The van der Waals surface area contributed by atoms with Gasteiger partial charge in [0, 0.05) is 6.54 Å². The Labute approximate surface area is 120 Å². The normalized spacial score (nSPS) is 18.6. The summed E-state index contributed by atoms with van der Waals surface area (Å²) in [6.45, 7) is 0.189. The number of amides is 1. The lowest BCUT2D eigenvalue weighted by Gasteiger charge is -2.34. The zero-order chi connectivity index (χ0) is 15.6. The van der Waals surface area contributed by atoms with Crippen LogP contribution in [0.3, 0.4) is 0 Å². The predicted molar refractivity (Wildman–Crippen MR) is 73.2 cm³/mol. The maximum absolute atomic E-state index is 13.4. The molecule has 1 atom stereocenters. The average molecular weight is 297 g/mol. The van der Waals surface area contributed by atoms with E-state index in [1.807, 2.05) is 0 Å². The quantitative estimate of drug-likeness (QED) is 0.496. The Morgan fingerprint density at radius 2 is 2.24 bits per heavy atom. The number of nitro groups is 1. The van der Waals surface area contributed by atoms with Crippen LogP contribution in [0.2, 0.25) is 0 Å². The molecule has 3 N–H and O–H groups in total. The predicted octanol–water partition coefficient (Wildman–Crippen LogP) is 1.30. The molecule has 0 spiro atoms. The third-order valence-corrected chi connectivity index (χ3v) is 3.64. The number of halogens is 1. The van der Waals surface area contributed by atoms with Gasteiger partial charge in [-0.05, 0) is 25.3 Å². The van der Waals surface area contributed by atoms with E-state index in [0.29, 0.717) is 19.0 Å². The number of nitrogens with zero attached hydrogens (tertiary/aromatic N) is 2. The first kappa shape index (κ1) is 15.2. The number of nitro benzene ring substituents is 1. The van der Waals surface area contributed by atoms with Crippen molar-refractivity contribution in [2.24, 2.45) is 0 Å². The zero-order valence-electron chi connectivity index (χ0n) is 11.3. The van der Waals surface area contributed by atoms with Gasteiger partial charge in [0.05, 0.1) is 29.3 Å². The molecule has 1 unspecified atom stereocenters. The summed E-state index contributed by atoms with van der Waals surface area (Å²) in [5, 5.41) is 20.3. The monoisotopic (exact) mass is 297 g/mol. The Hall–Kier alpha value is -2.22. The molecule has 0 aromatic heterocycles. The molecule has 0 radical (unpaired) electrons. The van der Waals surface area contributed by atoms with Crippen molar-refractivity contribution in [1.82, 2.24) is 4.90 Å². The summed E-state index contributed by atoms with van der Waals surface area (Å²) in [7, 11) is 0. The van der Waals surface area contributed by atoms with E-state index in [-0.39, 0.29) is 23.9 Å². The van der Waals surface area contributed by atoms with Gasteiger partial charge in [-0.25, -0.2) is 4.39 Å². The van der Waals surface area contributed by atoms with E-state index in [1.165, 1.54) is 4.90 Å². The molecule has 1 amide bonds. The van der Waals surface area contributed by atoms with Crippen LogP contribution in [0.1, 0.15) is 29.6 Å². The van der Waals surface area contributed by atoms with Crippen molar-refractivity contribution in [3.05, 3.63) is 33.6 Å². The lowest BCUT2D eigenvalue weighted by atomic mass is 10.0. The van der Waals surface area contributed by atoms with Crippen molar-refractivity contribution in [2.45, 2.75) is 25.3 Å². The van der Waals surface area contributed by atoms with Crippen molar-refractivity contribution >= 4 is 17.3 Å². The van der Waals surface area contributed by atoms with Crippen LogP contribution in [0.25, 0.3) is 0 Å². The van der Waals surface area contributed by atoms with Gasteiger partial charge in [0.1, 0.15) is 5.56 Å². The number of anilines is 1.